The predicted molar refractivity (Wildman–Crippen MR) is 80.7 cm³/mol. The lowest BCUT2D eigenvalue weighted by Crippen LogP contribution is -2.28. The van der Waals surface area contributed by atoms with Gasteiger partial charge < -0.3 is 4.90 Å². The minimum atomic E-state index is -0.697. The molecule has 0 aliphatic rings. The molecule has 0 saturated heterocycles. The van der Waals surface area contributed by atoms with Crippen molar-refractivity contribution in [3.8, 4) is 0 Å². The molecule has 0 N–H and O–H groups in total. The van der Waals surface area contributed by atoms with Crippen LogP contribution in [-0.2, 0) is 17.8 Å². The van der Waals surface area contributed by atoms with Gasteiger partial charge >= 0.3 is 0 Å². The van der Waals surface area contributed by atoms with Crippen LogP contribution >= 0.6 is 15.9 Å². The molecule has 0 atom stereocenters. The summed E-state index contributed by atoms with van der Waals surface area (Å²) in [5.74, 6) is -1.73. The standard InChI is InChI=1S/C16H14BrF2NO/c1-20(10-11-5-2-3-6-13(11)17)16(21)9-12-14(18)7-4-8-15(12)19/h2-8H,9-10H2,1H3. The molecule has 0 aliphatic carbocycles. The summed E-state index contributed by atoms with van der Waals surface area (Å²) in [7, 11) is 1.61. The molecular weight excluding hydrogens is 340 g/mol. The van der Waals surface area contributed by atoms with Crippen molar-refractivity contribution in [2.75, 3.05) is 7.05 Å². The van der Waals surface area contributed by atoms with E-state index in [1.54, 1.807) is 7.05 Å². The lowest BCUT2D eigenvalue weighted by Gasteiger charge is -2.18. The molecule has 21 heavy (non-hydrogen) atoms. The number of amides is 1. The first-order valence-corrected chi connectivity index (χ1v) is 7.18. The van der Waals surface area contributed by atoms with Crippen LogP contribution in [0.2, 0.25) is 0 Å². The summed E-state index contributed by atoms with van der Waals surface area (Å²) in [5, 5.41) is 0. The van der Waals surface area contributed by atoms with E-state index in [2.05, 4.69) is 15.9 Å². The number of halogens is 3. The largest absolute Gasteiger partial charge is 0.341 e. The Balaban J connectivity index is 2.08. The van der Waals surface area contributed by atoms with Gasteiger partial charge in [-0.2, -0.15) is 0 Å². The second kappa shape index (κ2) is 6.80. The smallest absolute Gasteiger partial charge is 0.227 e. The first-order valence-electron chi connectivity index (χ1n) is 6.39. The Morgan fingerprint density at radius 2 is 1.71 bits per heavy atom. The third-order valence-corrected chi connectivity index (χ3v) is 3.95. The first kappa shape index (κ1) is 15.6. The van der Waals surface area contributed by atoms with E-state index < -0.39 is 11.6 Å². The van der Waals surface area contributed by atoms with Crippen LogP contribution in [0.1, 0.15) is 11.1 Å². The van der Waals surface area contributed by atoms with E-state index in [9.17, 15) is 13.6 Å². The fourth-order valence-electron chi connectivity index (χ4n) is 1.96. The Morgan fingerprint density at radius 3 is 2.33 bits per heavy atom. The number of hydrogen-bond acceptors (Lipinski definition) is 1. The molecule has 2 aromatic rings. The fraction of sp³-hybridized carbons (Fsp3) is 0.188. The molecule has 0 radical (unpaired) electrons. The average Bonchev–Trinajstić information content (AvgIpc) is 2.45. The van der Waals surface area contributed by atoms with Crippen LogP contribution in [0.3, 0.4) is 0 Å². The number of nitrogens with zero attached hydrogens (tertiary/aromatic N) is 1. The summed E-state index contributed by atoms with van der Waals surface area (Å²) >= 11 is 3.41. The summed E-state index contributed by atoms with van der Waals surface area (Å²) in [6, 6.07) is 11.1. The molecule has 0 heterocycles. The fourth-order valence-corrected chi connectivity index (χ4v) is 2.37. The van der Waals surface area contributed by atoms with Gasteiger partial charge in [-0.05, 0) is 23.8 Å². The normalized spacial score (nSPS) is 10.5. The third kappa shape index (κ3) is 3.88. The molecule has 0 unspecified atom stereocenters. The highest BCUT2D eigenvalue weighted by molar-refractivity contribution is 9.10. The van der Waals surface area contributed by atoms with Crippen LogP contribution in [0.25, 0.3) is 0 Å². The van der Waals surface area contributed by atoms with Crippen LogP contribution in [0.15, 0.2) is 46.9 Å². The number of carbonyl (C=O) groups excluding carboxylic acids is 1. The Hall–Kier alpha value is -1.75. The predicted octanol–water partition coefficient (Wildman–Crippen LogP) is 3.93. The van der Waals surface area contributed by atoms with Gasteiger partial charge in [0, 0.05) is 23.6 Å². The van der Waals surface area contributed by atoms with Gasteiger partial charge in [0.15, 0.2) is 0 Å². The molecule has 0 bridgehead atoms. The van der Waals surface area contributed by atoms with Crippen molar-refractivity contribution >= 4 is 21.8 Å². The van der Waals surface area contributed by atoms with E-state index in [0.29, 0.717) is 6.54 Å². The summed E-state index contributed by atoms with van der Waals surface area (Å²) in [6.07, 6.45) is -0.292. The van der Waals surface area contributed by atoms with Crippen molar-refractivity contribution in [3.05, 3.63) is 69.7 Å². The maximum atomic E-state index is 13.5. The van der Waals surface area contributed by atoms with Gasteiger partial charge in [-0.1, -0.05) is 40.2 Å². The molecule has 110 valence electrons. The van der Waals surface area contributed by atoms with Gasteiger partial charge in [-0.15, -0.1) is 0 Å². The molecule has 0 saturated carbocycles. The molecule has 2 nitrogen and oxygen atoms in total. The molecule has 0 aliphatic heterocycles. The van der Waals surface area contributed by atoms with Crippen LogP contribution in [0.4, 0.5) is 8.78 Å². The van der Waals surface area contributed by atoms with Crippen molar-refractivity contribution in [2.24, 2.45) is 0 Å². The lowest BCUT2D eigenvalue weighted by molar-refractivity contribution is -0.129. The molecule has 5 heteroatoms. The number of benzene rings is 2. The third-order valence-electron chi connectivity index (χ3n) is 3.18. The number of hydrogen-bond donors (Lipinski definition) is 0. The monoisotopic (exact) mass is 353 g/mol. The van der Waals surface area contributed by atoms with Gasteiger partial charge in [0.2, 0.25) is 5.91 Å². The molecule has 1 amide bonds. The van der Waals surface area contributed by atoms with E-state index in [1.165, 1.54) is 11.0 Å². The first-order chi connectivity index (χ1) is 9.99. The van der Waals surface area contributed by atoms with Crippen molar-refractivity contribution in [1.82, 2.24) is 4.90 Å². The molecule has 2 rings (SSSR count). The van der Waals surface area contributed by atoms with E-state index in [-0.39, 0.29) is 17.9 Å². The Labute approximate surface area is 130 Å². The molecule has 0 spiro atoms. The van der Waals surface area contributed by atoms with Crippen LogP contribution in [-0.4, -0.2) is 17.9 Å². The number of rotatable bonds is 4. The van der Waals surface area contributed by atoms with Crippen molar-refractivity contribution in [1.29, 1.82) is 0 Å². The van der Waals surface area contributed by atoms with Crippen molar-refractivity contribution in [2.45, 2.75) is 13.0 Å². The highest BCUT2D eigenvalue weighted by atomic mass is 79.9. The zero-order valence-corrected chi connectivity index (χ0v) is 13.0. The van der Waals surface area contributed by atoms with Crippen molar-refractivity contribution < 1.29 is 13.6 Å². The topological polar surface area (TPSA) is 20.3 Å². The minimum absolute atomic E-state index is 0.193. The average molecular weight is 354 g/mol. The van der Waals surface area contributed by atoms with E-state index in [4.69, 9.17) is 0 Å². The Bertz CT molecular complexity index is 640. The number of likely N-dealkylation sites (N-methyl/N-ethyl adjacent to an activating group) is 1. The van der Waals surface area contributed by atoms with Gasteiger partial charge in [0.25, 0.3) is 0 Å². The van der Waals surface area contributed by atoms with Gasteiger partial charge in [0.1, 0.15) is 11.6 Å². The van der Waals surface area contributed by atoms with Gasteiger partial charge in [0.05, 0.1) is 6.42 Å². The van der Waals surface area contributed by atoms with Gasteiger partial charge in [-0.25, -0.2) is 8.78 Å². The molecule has 2 aromatic carbocycles. The number of carbonyl (C=O) groups is 1. The summed E-state index contributed by atoms with van der Waals surface area (Å²) in [6.45, 7) is 0.371. The quantitative estimate of drug-likeness (QED) is 0.815. The maximum absolute atomic E-state index is 13.5. The van der Waals surface area contributed by atoms with Crippen molar-refractivity contribution in [3.63, 3.8) is 0 Å². The highest BCUT2D eigenvalue weighted by Gasteiger charge is 2.16. The highest BCUT2D eigenvalue weighted by Crippen LogP contribution is 2.18. The molecular formula is C16H14BrF2NO. The van der Waals surface area contributed by atoms with E-state index in [1.807, 2.05) is 24.3 Å². The SMILES string of the molecule is CN(Cc1ccccc1Br)C(=O)Cc1c(F)cccc1F. The second-order valence-electron chi connectivity index (χ2n) is 4.72. The Kier molecular flexibility index (Phi) is 5.07. The van der Waals surface area contributed by atoms with E-state index >= 15 is 0 Å². The Morgan fingerprint density at radius 1 is 1.10 bits per heavy atom. The van der Waals surface area contributed by atoms with Crippen LogP contribution in [0.5, 0.6) is 0 Å². The second-order valence-corrected chi connectivity index (χ2v) is 5.57. The van der Waals surface area contributed by atoms with Crippen LogP contribution in [0, 0.1) is 11.6 Å². The zero-order chi connectivity index (χ0) is 15.4. The van der Waals surface area contributed by atoms with Gasteiger partial charge in [-0.3, -0.25) is 4.79 Å². The van der Waals surface area contributed by atoms with Crippen LogP contribution < -0.4 is 0 Å². The molecule has 0 aromatic heterocycles. The van der Waals surface area contributed by atoms with E-state index in [0.717, 1.165) is 22.2 Å². The lowest BCUT2D eigenvalue weighted by atomic mass is 10.1. The summed E-state index contributed by atoms with van der Waals surface area (Å²) in [5.41, 5.74) is 0.740. The maximum Gasteiger partial charge on any atom is 0.227 e. The molecule has 0 fully saturated rings. The summed E-state index contributed by atoms with van der Waals surface area (Å²) < 4.78 is 28.0. The minimum Gasteiger partial charge on any atom is -0.341 e. The summed E-state index contributed by atoms with van der Waals surface area (Å²) in [4.78, 5) is 13.6. The zero-order valence-electron chi connectivity index (χ0n) is 11.4.